The van der Waals surface area contributed by atoms with E-state index in [1.165, 1.54) is 17.7 Å². The number of tetrazole rings is 1. The van der Waals surface area contributed by atoms with Gasteiger partial charge in [-0.05, 0) is 77.7 Å². The molecule has 0 amide bonds. The van der Waals surface area contributed by atoms with Crippen LogP contribution in [0, 0.1) is 19.7 Å². The standard InChI is InChI=1S/C31H32FN7O/c1-21-8-9-22(2)28-26(21)20-27(31(40)33-28)29(30-34-35-36-39(30)15-14-23-6-4-3-5-7-23)38-18-16-37(17-19-38)25-12-10-24(32)11-13-25/h3-13,20,29H,14-19H2,1-2H3,(H,33,40). The van der Waals surface area contributed by atoms with Gasteiger partial charge in [-0.2, -0.15) is 0 Å². The summed E-state index contributed by atoms with van der Waals surface area (Å²) in [6.07, 6.45) is 0.774. The van der Waals surface area contributed by atoms with E-state index in [0.717, 1.165) is 47.2 Å². The molecule has 0 saturated carbocycles. The predicted molar refractivity (Wildman–Crippen MR) is 154 cm³/mol. The summed E-state index contributed by atoms with van der Waals surface area (Å²) in [6, 6.07) is 22.6. The summed E-state index contributed by atoms with van der Waals surface area (Å²) in [4.78, 5) is 21.4. The van der Waals surface area contributed by atoms with Crippen LogP contribution in [0.3, 0.4) is 0 Å². The number of aromatic amines is 1. The van der Waals surface area contributed by atoms with Gasteiger partial charge in [0.1, 0.15) is 11.9 Å². The Kier molecular flexibility index (Phi) is 7.13. The lowest BCUT2D eigenvalue weighted by atomic mass is 9.99. The minimum absolute atomic E-state index is 0.134. The van der Waals surface area contributed by atoms with Gasteiger partial charge in [0.15, 0.2) is 5.82 Å². The first-order valence-electron chi connectivity index (χ1n) is 13.7. The van der Waals surface area contributed by atoms with Crippen molar-refractivity contribution in [1.82, 2.24) is 30.1 Å². The molecule has 5 aromatic rings. The van der Waals surface area contributed by atoms with Gasteiger partial charge in [0.25, 0.3) is 5.56 Å². The lowest BCUT2D eigenvalue weighted by Crippen LogP contribution is -2.49. The average Bonchev–Trinajstić information content (AvgIpc) is 3.44. The third kappa shape index (κ3) is 5.12. The maximum Gasteiger partial charge on any atom is 0.253 e. The van der Waals surface area contributed by atoms with Gasteiger partial charge in [-0.1, -0.05) is 42.5 Å². The molecule has 3 heterocycles. The molecule has 9 heteroatoms. The molecule has 0 aliphatic carbocycles. The maximum absolute atomic E-state index is 13.7. The van der Waals surface area contributed by atoms with Gasteiger partial charge in [-0.25, -0.2) is 9.07 Å². The zero-order valence-corrected chi connectivity index (χ0v) is 22.7. The molecule has 0 radical (unpaired) electrons. The van der Waals surface area contributed by atoms with Crippen LogP contribution in [0.15, 0.2) is 77.6 Å². The highest BCUT2D eigenvalue weighted by Gasteiger charge is 2.33. The van der Waals surface area contributed by atoms with E-state index in [9.17, 15) is 9.18 Å². The number of anilines is 1. The van der Waals surface area contributed by atoms with E-state index in [1.54, 1.807) is 0 Å². The van der Waals surface area contributed by atoms with Crippen LogP contribution < -0.4 is 10.5 Å². The fraction of sp³-hybridized carbons (Fsp3) is 0.290. The van der Waals surface area contributed by atoms with E-state index >= 15 is 0 Å². The summed E-state index contributed by atoms with van der Waals surface area (Å²) in [5.41, 5.74) is 5.67. The Morgan fingerprint density at radius 2 is 1.65 bits per heavy atom. The van der Waals surface area contributed by atoms with Crippen LogP contribution in [0.25, 0.3) is 10.9 Å². The van der Waals surface area contributed by atoms with Crippen molar-refractivity contribution in [3.8, 4) is 0 Å². The van der Waals surface area contributed by atoms with Gasteiger partial charge in [-0.3, -0.25) is 9.69 Å². The largest absolute Gasteiger partial charge is 0.369 e. The molecular weight excluding hydrogens is 505 g/mol. The second-order valence-electron chi connectivity index (χ2n) is 10.4. The fourth-order valence-corrected chi connectivity index (χ4v) is 5.63. The molecule has 8 nitrogen and oxygen atoms in total. The molecule has 204 valence electrons. The first kappa shape index (κ1) is 25.9. The number of piperazine rings is 1. The lowest BCUT2D eigenvalue weighted by Gasteiger charge is -2.39. The number of H-pyrrole nitrogens is 1. The van der Waals surface area contributed by atoms with Crippen molar-refractivity contribution in [3.63, 3.8) is 0 Å². The summed E-state index contributed by atoms with van der Waals surface area (Å²) >= 11 is 0. The van der Waals surface area contributed by atoms with Crippen molar-refractivity contribution in [2.24, 2.45) is 0 Å². The molecule has 1 N–H and O–H groups in total. The number of rotatable bonds is 7. The van der Waals surface area contributed by atoms with Crippen LogP contribution in [0.2, 0.25) is 0 Å². The molecule has 0 bridgehead atoms. The molecule has 1 aliphatic heterocycles. The highest BCUT2D eigenvalue weighted by Crippen LogP contribution is 2.30. The number of aryl methyl sites for hydroxylation is 4. The molecule has 1 unspecified atom stereocenters. The SMILES string of the molecule is Cc1ccc(C)c2[nH]c(=O)c(C(c3nnnn3CCc3ccccc3)N3CCN(c4ccc(F)cc4)CC3)cc12. The van der Waals surface area contributed by atoms with E-state index in [-0.39, 0.29) is 11.4 Å². The first-order valence-corrected chi connectivity index (χ1v) is 13.7. The maximum atomic E-state index is 13.7. The Bertz CT molecular complexity index is 1670. The zero-order valence-electron chi connectivity index (χ0n) is 22.7. The molecule has 0 spiro atoms. The minimum Gasteiger partial charge on any atom is -0.369 e. The zero-order chi connectivity index (χ0) is 27.6. The highest BCUT2D eigenvalue weighted by atomic mass is 19.1. The van der Waals surface area contributed by atoms with Crippen LogP contribution in [-0.2, 0) is 13.0 Å². The van der Waals surface area contributed by atoms with Gasteiger partial charge < -0.3 is 9.88 Å². The molecule has 1 atom stereocenters. The van der Waals surface area contributed by atoms with Crippen LogP contribution in [0.5, 0.6) is 0 Å². The summed E-state index contributed by atoms with van der Waals surface area (Å²) in [5.74, 6) is 0.409. The van der Waals surface area contributed by atoms with Crippen molar-refractivity contribution in [1.29, 1.82) is 0 Å². The van der Waals surface area contributed by atoms with E-state index in [1.807, 2.05) is 54.1 Å². The molecule has 1 aliphatic rings. The monoisotopic (exact) mass is 537 g/mol. The lowest BCUT2D eigenvalue weighted by molar-refractivity contribution is 0.199. The number of aromatic nitrogens is 5. The van der Waals surface area contributed by atoms with Crippen LogP contribution in [-0.4, -0.2) is 56.3 Å². The van der Waals surface area contributed by atoms with Crippen molar-refractivity contribution in [2.75, 3.05) is 31.1 Å². The molecule has 3 aromatic carbocycles. The quantitative estimate of drug-likeness (QED) is 0.331. The van der Waals surface area contributed by atoms with Crippen LogP contribution >= 0.6 is 0 Å². The Labute approximate surface area is 232 Å². The van der Waals surface area contributed by atoms with Crippen molar-refractivity contribution < 1.29 is 4.39 Å². The van der Waals surface area contributed by atoms with Crippen LogP contribution in [0.1, 0.15) is 34.1 Å². The Morgan fingerprint density at radius 1 is 0.925 bits per heavy atom. The van der Waals surface area contributed by atoms with Gasteiger partial charge in [0.05, 0.1) is 5.52 Å². The molecule has 2 aromatic heterocycles. The average molecular weight is 538 g/mol. The molecule has 1 saturated heterocycles. The number of nitrogens with one attached hydrogen (secondary N) is 1. The number of nitrogens with zero attached hydrogens (tertiary/aromatic N) is 6. The molecule has 40 heavy (non-hydrogen) atoms. The predicted octanol–water partition coefficient (Wildman–Crippen LogP) is 4.42. The Balaban J connectivity index is 1.37. The summed E-state index contributed by atoms with van der Waals surface area (Å²) in [5, 5.41) is 13.9. The number of fused-ring (bicyclic) bond motifs is 1. The number of benzene rings is 3. The normalized spacial score (nSPS) is 15.0. The van der Waals surface area contributed by atoms with Crippen molar-refractivity contribution >= 4 is 16.6 Å². The molecule has 1 fully saturated rings. The third-order valence-corrected chi connectivity index (χ3v) is 7.90. The Hall–Kier alpha value is -4.37. The van der Waals surface area contributed by atoms with Crippen molar-refractivity contribution in [3.05, 3.63) is 117 Å². The van der Waals surface area contributed by atoms with Gasteiger partial charge in [-0.15, -0.1) is 5.10 Å². The Morgan fingerprint density at radius 3 is 2.40 bits per heavy atom. The van der Waals surface area contributed by atoms with E-state index < -0.39 is 6.04 Å². The van der Waals surface area contributed by atoms with Crippen molar-refractivity contribution in [2.45, 2.75) is 32.9 Å². The third-order valence-electron chi connectivity index (χ3n) is 7.90. The van der Waals surface area contributed by atoms with Crippen LogP contribution in [0.4, 0.5) is 10.1 Å². The van der Waals surface area contributed by atoms with E-state index in [4.69, 9.17) is 0 Å². The summed E-state index contributed by atoms with van der Waals surface area (Å²) in [6.45, 7) is 7.52. The smallest absolute Gasteiger partial charge is 0.253 e. The van der Waals surface area contributed by atoms with Gasteiger partial charge in [0.2, 0.25) is 0 Å². The van der Waals surface area contributed by atoms with E-state index in [2.05, 4.69) is 55.4 Å². The number of pyridine rings is 1. The number of hydrogen-bond acceptors (Lipinski definition) is 6. The first-order chi connectivity index (χ1) is 19.5. The molecular formula is C31H32FN7O. The summed E-state index contributed by atoms with van der Waals surface area (Å²) in [7, 11) is 0. The van der Waals surface area contributed by atoms with Gasteiger partial charge >= 0.3 is 0 Å². The molecule has 6 rings (SSSR count). The fourth-order valence-electron chi connectivity index (χ4n) is 5.63. The van der Waals surface area contributed by atoms with E-state index in [0.29, 0.717) is 31.0 Å². The number of hydrogen-bond donors (Lipinski definition) is 1. The second-order valence-corrected chi connectivity index (χ2v) is 10.4. The topological polar surface area (TPSA) is 82.9 Å². The summed E-state index contributed by atoms with van der Waals surface area (Å²) < 4.78 is 15.3. The second kappa shape index (κ2) is 11.0. The van der Waals surface area contributed by atoms with Gasteiger partial charge in [0, 0.05) is 49.4 Å². The number of halogens is 1. The highest BCUT2D eigenvalue weighted by molar-refractivity contribution is 5.85. The minimum atomic E-state index is -0.422.